The topological polar surface area (TPSA) is 68.5 Å². The maximum absolute atomic E-state index is 13.2. The highest BCUT2D eigenvalue weighted by molar-refractivity contribution is 6.06. The molecule has 2 aromatic rings. The van der Waals surface area contributed by atoms with Crippen molar-refractivity contribution in [1.82, 2.24) is 15.0 Å². The van der Waals surface area contributed by atoms with Crippen LogP contribution in [0, 0.1) is 0 Å². The van der Waals surface area contributed by atoms with E-state index in [4.69, 9.17) is 9.26 Å². The van der Waals surface area contributed by atoms with Gasteiger partial charge in [-0.3, -0.25) is 4.79 Å². The van der Waals surface area contributed by atoms with Crippen molar-refractivity contribution in [3.05, 3.63) is 23.0 Å². The van der Waals surface area contributed by atoms with Gasteiger partial charge in [-0.2, -0.15) is 0 Å². The maximum atomic E-state index is 13.2. The van der Waals surface area contributed by atoms with Crippen molar-refractivity contribution >= 4 is 17.0 Å². The standard InChI is InChI=1S/C18H23N3O3/c1-10(2)16-15-13(18(22)21-6-7-23-11(3)9-21)8-14(12-4-5-12)19-17(15)24-20-16/h8,10-12H,4-7,9H2,1-3H3/t11-/m0/s1. The van der Waals surface area contributed by atoms with Crippen LogP contribution in [0.25, 0.3) is 11.1 Å². The molecule has 6 nitrogen and oxygen atoms in total. The number of fused-ring (bicyclic) bond motifs is 1. The maximum Gasteiger partial charge on any atom is 0.259 e. The molecule has 0 N–H and O–H groups in total. The molecule has 1 aliphatic heterocycles. The van der Waals surface area contributed by atoms with Crippen LogP contribution in [-0.2, 0) is 4.74 Å². The molecular formula is C18H23N3O3. The van der Waals surface area contributed by atoms with Crippen LogP contribution >= 0.6 is 0 Å². The van der Waals surface area contributed by atoms with Crippen molar-refractivity contribution in [1.29, 1.82) is 0 Å². The molecule has 6 heteroatoms. The number of hydrogen-bond acceptors (Lipinski definition) is 5. The van der Waals surface area contributed by atoms with Gasteiger partial charge in [0.25, 0.3) is 11.6 Å². The Labute approximate surface area is 141 Å². The van der Waals surface area contributed by atoms with Gasteiger partial charge in [-0.25, -0.2) is 4.98 Å². The van der Waals surface area contributed by atoms with Gasteiger partial charge in [-0.15, -0.1) is 0 Å². The average Bonchev–Trinajstić information content (AvgIpc) is 3.32. The Hall–Kier alpha value is -1.95. The van der Waals surface area contributed by atoms with Crippen LogP contribution in [0.5, 0.6) is 0 Å². The highest BCUT2D eigenvalue weighted by Gasteiger charge is 2.31. The van der Waals surface area contributed by atoms with E-state index in [-0.39, 0.29) is 17.9 Å². The molecule has 128 valence electrons. The molecule has 1 atom stereocenters. The summed E-state index contributed by atoms with van der Waals surface area (Å²) in [4.78, 5) is 19.7. The first-order chi connectivity index (χ1) is 11.5. The number of carbonyl (C=O) groups excluding carboxylic acids is 1. The lowest BCUT2D eigenvalue weighted by molar-refractivity contribution is -0.0123. The summed E-state index contributed by atoms with van der Waals surface area (Å²) in [6.07, 6.45) is 2.33. The first-order valence-corrected chi connectivity index (χ1v) is 8.75. The second-order valence-electron chi connectivity index (χ2n) is 7.20. The van der Waals surface area contributed by atoms with E-state index in [1.54, 1.807) is 0 Å². The fourth-order valence-corrected chi connectivity index (χ4v) is 3.32. The first kappa shape index (κ1) is 15.6. The van der Waals surface area contributed by atoms with Crippen LogP contribution < -0.4 is 0 Å². The minimum Gasteiger partial charge on any atom is -0.375 e. The Bertz CT molecular complexity index is 779. The van der Waals surface area contributed by atoms with Gasteiger partial charge >= 0.3 is 0 Å². The molecular weight excluding hydrogens is 306 g/mol. The summed E-state index contributed by atoms with van der Waals surface area (Å²) in [5, 5.41) is 4.96. The summed E-state index contributed by atoms with van der Waals surface area (Å²) in [5.41, 5.74) is 2.94. The largest absolute Gasteiger partial charge is 0.375 e. The number of amides is 1. The minimum absolute atomic E-state index is 0.0320. The molecule has 0 aromatic carbocycles. The second kappa shape index (κ2) is 5.84. The summed E-state index contributed by atoms with van der Waals surface area (Å²) in [5.74, 6) is 0.664. The molecule has 4 rings (SSSR count). The number of rotatable bonds is 3. The lowest BCUT2D eigenvalue weighted by atomic mass is 10.0. The van der Waals surface area contributed by atoms with Crippen molar-refractivity contribution in [2.24, 2.45) is 0 Å². The zero-order valence-corrected chi connectivity index (χ0v) is 14.4. The Balaban J connectivity index is 1.81. The van der Waals surface area contributed by atoms with Gasteiger partial charge in [0.1, 0.15) is 0 Å². The van der Waals surface area contributed by atoms with Gasteiger partial charge in [-0.05, 0) is 31.7 Å². The predicted molar refractivity (Wildman–Crippen MR) is 89.2 cm³/mol. The van der Waals surface area contributed by atoms with Crippen molar-refractivity contribution in [2.45, 2.75) is 51.6 Å². The Morgan fingerprint density at radius 1 is 1.38 bits per heavy atom. The highest BCUT2D eigenvalue weighted by Crippen LogP contribution is 2.41. The molecule has 1 amide bonds. The van der Waals surface area contributed by atoms with Crippen LogP contribution in [0.1, 0.15) is 67.2 Å². The normalized spacial score (nSPS) is 21.7. The fourth-order valence-electron chi connectivity index (χ4n) is 3.32. The lowest BCUT2D eigenvalue weighted by Crippen LogP contribution is -2.44. The van der Waals surface area contributed by atoms with Crippen LogP contribution in [0.2, 0.25) is 0 Å². The van der Waals surface area contributed by atoms with Gasteiger partial charge in [0.05, 0.1) is 29.4 Å². The molecule has 24 heavy (non-hydrogen) atoms. The molecule has 1 saturated carbocycles. The summed E-state index contributed by atoms with van der Waals surface area (Å²) >= 11 is 0. The molecule has 2 fully saturated rings. The van der Waals surface area contributed by atoms with Crippen molar-refractivity contribution in [3.8, 4) is 0 Å². The van der Waals surface area contributed by atoms with E-state index in [1.807, 2.05) is 17.9 Å². The lowest BCUT2D eigenvalue weighted by Gasteiger charge is -2.31. The summed E-state index contributed by atoms with van der Waals surface area (Å²) < 4.78 is 11.0. The number of nitrogens with zero attached hydrogens (tertiary/aromatic N) is 3. The number of carbonyl (C=O) groups is 1. The molecule has 1 aliphatic carbocycles. The zero-order chi connectivity index (χ0) is 16.8. The molecule has 3 heterocycles. The van der Waals surface area contributed by atoms with Crippen molar-refractivity contribution in [3.63, 3.8) is 0 Å². The van der Waals surface area contributed by atoms with E-state index in [2.05, 4.69) is 24.0 Å². The van der Waals surface area contributed by atoms with Crippen LogP contribution in [0.4, 0.5) is 0 Å². The monoisotopic (exact) mass is 329 g/mol. The molecule has 0 radical (unpaired) electrons. The SMILES string of the molecule is CC(C)c1noc2nc(C3CC3)cc(C(=O)N3CCO[C@@H](C)C3)c12. The van der Waals surface area contributed by atoms with Crippen LogP contribution in [-0.4, -0.2) is 46.7 Å². The molecule has 2 aromatic heterocycles. The molecule has 2 aliphatic rings. The summed E-state index contributed by atoms with van der Waals surface area (Å²) in [7, 11) is 0. The van der Waals surface area contributed by atoms with E-state index in [0.29, 0.717) is 36.9 Å². The van der Waals surface area contributed by atoms with Gasteiger partial charge in [0.2, 0.25) is 0 Å². The van der Waals surface area contributed by atoms with Gasteiger partial charge < -0.3 is 14.2 Å². The van der Waals surface area contributed by atoms with E-state index in [1.165, 1.54) is 0 Å². The van der Waals surface area contributed by atoms with Gasteiger partial charge in [0, 0.05) is 24.7 Å². The third kappa shape index (κ3) is 2.69. The van der Waals surface area contributed by atoms with Crippen molar-refractivity contribution in [2.75, 3.05) is 19.7 Å². The number of pyridine rings is 1. The average molecular weight is 329 g/mol. The molecule has 1 saturated heterocycles. The van der Waals surface area contributed by atoms with Gasteiger partial charge in [-0.1, -0.05) is 19.0 Å². The third-order valence-electron chi connectivity index (χ3n) is 4.79. The summed E-state index contributed by atoms with van der Waals surface area (Å²) in [6, 6.07) is 1.96. The highest BCUT2D eigenvalue weighted by atomic mass is 16.5. The minimum atomic E-state index is 0.0320. The fraction of sp³-hybridized carbons (Fsp3) is 0.611. The van der Waals surface area contributed by atoms with Crippen LogP contribution in [0.15, 0.2) is 10.6 Å². The second-order valence-corrected chi connectivity index (χ2v) is 7.20. The van der Waals surface area contributed by atoms with Gasteiger partial charge in [0.15, 0.2) is 0 Å². The first-order valence-electron chi connectivity index (χ1n) is 8.75. The molecule has 0 spiro atoms. The number of hydrogen-bond donors (Lipinski definition) is 0. The Kier molecular flexibility index (Phi) is 3.79. The number of aromatic nitrogens is 2. The van der Waals surface area contributed by atoms with E-state index >= 15 is 0 Å². The molecule has 0 unspecified atom stereocenters. The van der Waals surface area contributed by atoms with E-state index in [9.17, 15) is 4.79 Å². The quantitative estimate of drug-likeness (QED) is 0.865. The number of morpholine rings is 1. The van der Waals surface area contributed by atoms with E-state index < -0.39 is 0 Å². The Morgan fingerprint density at radius 2 is 2.17 bits per heavy atom. The zero-order valence-electron chi connectivity index (χ0n) is 14.4. The number of ether oxygens (including phenoxy) is 1. The molecule has 0 bridgehead atoms. The predicted octanol–water partition coefficient (Wildman–Crippen LogP) is 3.08. The van der Waals surface area contributed by atoms with Crippen LogP contribution in [0.3, 0.4) is 0 Å². The Morgan fingerprint density at radius 3 is 2.83 bits per heavy atom. The van der Waals surface area contributed by atoms with E-state index in [0.717, 1.165) is 29.6 Å². The van der Waals surface area contributed by atoms with Crippen molar-refractivity contribution < 1.29 is 14.1 Å². The third-order valence-corrected chi connectivity index (χ3v) is 4.79. The summed E-state index contributed by atoms with van der Waals surface area (Å²) in [6.45, 7) is 7.92. The smallest absolute Gasteiger partial charge is 0.259 e.